The van der Waals surface area contributed by atoms with E-state index in [1.165, 1.54) is 0 Å². The molecular weight excluding hydrogens is 408 g/mol. The number of benzene rings is 1. The Balaban J connectivity index is 1.48. The van der Waals surface area contributed by atoms with Crippen molar-refractivity contribution in [2.45, 2.75) is 45.0 Å². The first-order chi connectivity index (χ1) is 15.5. The Kier molecular flexibility index (Phi) is 7.13. The van der Waals surface area contributed by atoms with Gasteiger partial charge in [-0.25, -0.2) is 0 Å². The number of ketones is 2. The largest absolute Gasteiger partial charge is 0.497 e. The van der Waals surface area contributed by atoms with Gasteiger partial charge in [-0.2, -0.15) is 0 Å². The summed E-state index contributed by atoms with van der Waals surface area (Å²) >= 11 is 0. The maximum Gasteiger partial charge on any atom is 0.173 e. The lowest BCUT2D eigenvalue weighted by Crippen LogP contribution is -2.61. The summed E-state index contributed by atoms with van der Waals surface area (Å²) in [4.78, 5) is 26.6. The fourth-order valence-electron chi connectivity index (χ4n) is 6.01. The van der Waals surface area contributed by atoms with Crippen molar-refractivity contribution in [2.24, 2.45) is 29.6 Å². The number of Topliss-reactive ketones (excluding diaryl/α,β-unsaturated/α-hetero) is 2. The van der Waals surface area contributed by atoms with Crippen molar-refractivity contribution in [2.75, 3.05) is 26.9 Å². The summed E-state index contributed by atoms with van der Waals surface area (Å²) in [6.07, 6.45) is 3.96. The summed E-state index contributed by atoms with van der Waals surface area (Å²) in [7, 11) is 1.64. The zero-order valence-electron chi connectivity index (χ0n) is 19.1. The lowest BCUT2D eigenvalue weighted by molar-refractivity contribution is -0.246. The van der Waals surface area contributed by atoms with E-state index in [2.05, 4.69) is 6.58 Å². The Labute approximate surface area is 190 Å². The van der Waals surface area contributed by atoms with Crippen LogP contribution in [0.15, 0.2) is 36.9 Å². The highest BCUT2D eigenvalue weighted by Crippen LogP contribution is 2.54. The van der Waals surface area contributed by atoms with Gasteiger partial charge in [0.15, 0.2) is 5.79 Å². The molecule has 3 fully saturated rings. The van der Waals surface area contributed by atoms with Gasteiger partial charge in [0, 0.05) is 43.1 Å². The molecule has 0 amide bonds. The minimum atomic E-state index is -0.815. The monoisotopic (exact) mass is 442 g/mol. The van der Waals surface area contributed by atoms with E-state index < -0.39 is 5.79 Å². The highest BCUT2D eigenvalue weighted by Gasteiger charge is 2.62. The van der Waals surface area contributed by atoms with Crippen molar-refractivity contribution in [3.05, 3.63) is 42.5 Å². The molecule has 1 aromatic rings. The van der Waals surface area contributed by atoms with Crippen LogP contribution in [0, 0.1) is 29.6 Å². The van der Waals surface area contributed by atoms with E-state index in [-0.39, 0.29) is 41.2 Å². The lowest BCUT2D eigenvalue weighted by Gasteiger charge is -2.53. The number of hydrogen-bond donors (Lipinski definition) is 0. The summed E-state index contributed by atoms with van der Waals surface area (Å²) in [5.41, 5.74) is 1.06. The van der Waals surface area contributed by atoms with Gasteiger partial charge in [0.05, 0.1) is 26.9 Å². The van der Waals surface area contributed by atoms with Crippen LogP contribution in [0.4, 0.5) is 0 Å². The van der Waals surface area contributed by atoms with Gasteiger partial charge in [-0.05, 0) is 36.5 Å². The minimum absolute atomic E-state index is 0.0677. The third-order valence-electron chi connectivity index (χ3n) is 7.56. The summed E-state index contributed by atoms with van der Waals surface area (Å²) < 4.78 is 23.3. The number of carbonyl (C=O) groups is 2. The molecule has 0 N–H and O–H groups in total. The molecule has 1 saturated heterocycles. The average molecular weight is 443 g/mol. The Morgan fingerprint density at radius 3 is 2.56 bits per heavy atom. The number of fused-ring (bicyclic) bond motifs is 2. The van der Waals surface area contributed by atoms with Crippen LogP contribution in [0.2, 0.25) is 0 Å². The van der Waals surface area contributed by atoms with Crippen LogP contribution >= 0.6 is 0 Å². The number of methoxy groups -OCH3 is 1. The molecule has 2 aliphatic carbocycles. The summed E-state index contributed by atoms with van der Waals surface area (Å²) in [5.74, 6) is -0.634. The van der Waals surface area contributed by atoms with E-state index in [9.17, 15) is 9.59 Å². The van der Waals surface area contributed by atoms with Gasteiger partial charge >= 0.3 is 0 Å². The van der Waals surface area contributed by atoms with Gasteiger partial charge in [0.1, 0.15) is 17.3 Å². The molecule has 4 rings (SSSR count). The quantitative estimate of drug-likeness (QED) is 0.448. The minimum Gasteiger partial charge on any atom is -0.497 e. The van der Waals surface area contributed by atoms with Gasteiger partial charge < -0.3 is 18.9 Å². The fourth-order valence-corrected chi connectivity index (χ4v) is 6.01. The maximum absolute atomic E-state index is 13.4. The van der Waals surface area contributed by atoms with E-state index >= 15 is 0 Å². The molecule has 0 radical (unpaired) electrons. The summed E-state index contributed by atoms with van der Waals surface area (Å²) in [6, 6.07) is 7.77. The fraction of sp³-hybridized carbons (Fsp3) is 0.615. The predicted molar refractivity (Wildman–Crippen MR) is 119 cm³/mol. The normalized spacial score (nSPS) is 31.5. The summed E-state index contributed by atoms with van der Waals surface area (Å²) in [5, 5.41) is 0. The highest BCUT2D eigenvalue weighted by molar-refractivity contribution is 5.90. The number of ether oxygens (including phenoxy) is 4. The molecule has 1 aromatic carbocycles. The molecule has 3 aliphatic rings. The van der Waals surface area contributed by atoms with Gasteiger partial charge in [0.25, 0.3) is 0 Å². The highest BCUT2D eigenvalue weighted by atomic mass is 16.7. The molecule has 0 aromatic heterocycles. The van der Waals surface area contributed by atoms with Crippen LogP contribution < -0.4 is 4.74 Å². The van der Waals surface area contributed by atoms with E-state index in [0.29, 0.717) is 52.1 Å². The SMILES string of the molecule is C=CC[C@H]1C(=O)[C@@H](C)[C@@H](CCOCc2ccc(OC)cc2)[C@@H]2C(=O)CCC3(OCCO3)[C@@H]21. The van der Waals surface area contributed by atoms with E-state index in [1.54, 1.807) is 13.2 Å². The van der Waals surface area contributed by atoms with Gasteiger partial charge in [-0.3, -0.25) is 9.59 Å². The summed E-state index contributed by atoms with van der Waals surface area (Å²) in [6.45, 7) is 7.82. The van der Waals surface area contributed by atoms with Gasteiger partial charge in [0.2, 0.25) is 0 Å². The first kappa shape index (κ1) is 23.1. The van der Waals surface area contributed by atoms with Crippen LogP contribution in [0.25, 0.3) is 0 Å². The Hall–Kier alpha value is -2.02. The maximum atomic E-state index is 13.4. The molecule has 1 heterocycles. The third kappa shape index (κ3) is 4.28. The number of allylic oxidation sites excluding steroid dienone is 1. The van der Waals surface area contributed by atoms with Gasteiger partial charge in [-0.15, -0.1) is 6.58 Å². The van der Waals surface area contributed by atoms with E-state index in [0.717, 1.165) is 11.3 Å². The predicted octanol–water partition coefficient (Wildman–Crippen LogP) is 3.97. The van der Waals surface area contributed by atoms with Crippen LogP contribution in [-0.2, 0) is 30.4 Å². The van der Waals surface area contributed by atoms with E-state index in [4.69, 9.17) is 18.9 Å². The first-order valence-electron chi connectivity index (χ1n) is 11.7. The van der Waals surface area contributed by atoms with Crippen molar-refractivity contribution in [3.8, 4) is 5.75 Å². The van der Waals surface area contributed by atoms with Crippen LogP contribution in [0.3, 0.4) is 0 Å². The second kappa shape index (κ2) is 9.86. The molecule has 5 atom stereocenters. The molecular formula is C26H34O6. The molecule has 1 spiro atoms. The van der Waals surface area contributed by atoms with Crippen LogP contribution in [-0.4, -0.2) is 44.3 Å². The standard InChI is InChI=1S/C26H34O6/c1-4-5-21-24-23(22(27)10-12-26(24)31-14-15-32-26)20(17(2)25(21)28)11-13-30-16-18-6-8-19(29-3)9-7-18/h4,6-9,17,20-21,23-24H,1,5,10-16H2,2-3H3/t17-,20+,21+,23+,24+/m0/s1. The smallest absolute Gasteiger partial charge is 0.173 e. The molecule has 0 bridgehead atoms. The Bertz CT molecular complexity index is 825. The second-order valence-corrected chi connectivity index (χ2v) is 9.20. The zero-order chi connectivity index (χ0) is 22.7. The van der Waals surface area contributed by atoms with Gasteiger partial charge in [-0.1, -0.05) is 25.1 Å². The Morgan fingerprint density at radius 2 is 1.91 bits per heavy atom. The molecule has 32 heavy (non-hydrogen) atoms. The van der Waals surface area contributed by atoms with Crippen molar-refractivity contribution in [1.82, 2.24) is 0 Å². The van der Waals surface area contributed by atoms with Crippen molar-refractivity contribution < 1.29 is 28.5 Å². The topological polar surface area (TPSA) is 71.1 Å². The first-order valence-corrected chi connectivity index (χ1v) is 11.7. The lowest BCUT2D eigenvalue weighted by atomic mass is 9.53. The number of hydrogen-bond acceptors (Lipinski definition) is 6. The van der Waals surface area contributed by atoms with Crippen molar-refractivity contribution >= 4 is 11.6 Å². The average Bonchev–Trinajstić information content (AvgIpc) is 3.28. The van der Waals surface area contributed by atoms with Crippen molar-refractivity contribution in [3.63, 3.8) is 0 Å². The van der Waals surface area contributed by atoms with Crippen LogP contribution in [0.5, 0.6) is 5.75 Å². The molecule has 1 aliphatic heterocycles. The molecule has 2 saturated carbocycles. The second-order valence-electron chi connectivity index (χ2n) is 9.20. The number of rotatable bonds is 8. The molecule has 0 unspecified atom stereocenters. The van der Waals surface area contributed by atoms with E-state index in [1.807, 2.05) is 31.2 Å². The third-order valence-corrected chi connectivity index (χ3v) is 7.56. The molecule has 174 valence electrons. The molecule has 6 heteroatoms. The molecule has 6 nitrogen and oxygen atoms in total. The van der Waals surface area contributed by atoms with Crippen LogP contribution in [0.1, 0.15) is 38.2 Å². The zero-order valence-corrected chi connectivity index (χ0v) is 19.1. The van der Waals surface area contributed by atoms with Crippen molar-refractivity contribution in [1.29, 1.82) is 0 Å². The Morgan fingerprint density at radius 1 is 1.19 bits per heavy atom. The number of carbonyl (C=O) groups excluding carboxylic acids is 2.